The van der Waals surface area contributed by atoms with Gasteiger partial charge < -0.3 is 4.55 Å². The number of nitrogens with zero attached hydrogens (tertiary/aromatic N) is 2. The highest BCUT2D eigenvalue weighted by atomic mass is 32.3. The Morgan fingerprint density at radius 1 is 0.793 bits per heavy atom. The van der Waals surface area contributed by atoms with E-state index < -0.39 is 10.4 Å². The Hall–Kier alpha value is -2.38. The summed E-state index contributed by atoms with van der Waals surface area (Å²) < 4.78 is 41.4. The second-order valence-corrected chi connectivity index (χ2v) is 9.07. The van der Waals surface area contributed by atoms with Crippen LogP contribution in [0.3, 0.4) is 0 Å². The quantitative estimate of drug-likeness (QED) is 0.592. The van der Waals surface area contributed by atoms with Crippen LogP contribution >= 0.6 is 0 Å². The molecule has 3 aromatic rings. The lowest BCUT2D eigenvalue weighted by Crippen LogP contribution is -2.50. The largest absolute Gasteiger partial charge is 0.593 e. The van der Waals surface area contributed by atoms with E-state index in [1.165, 1.54) is 6.07 Å². The summed E-state index contributed by atoms with van der Waals surface area (Å²) in [6.45, 7) is 2.82. The van der Waals surface area contributed by atoms with E-state index in [4.69, 9.17) is 0 Å². The van der Waals surface area contributed by atoms with Crippen LogP contribution in [0.25, 0.3) is 11.1 Å². The molecule has 1 aliphatic heterocycles. The van der Waals surface area contributed by atoms with E-state index in [-0.39, 0.29) is 5.82 Å². The number of sulfonamides is 1. The second-order valence-electron chi connectivity index (χ2n) is 7.13. The van der Waals surface area contributed by atoms with Crippen LogP contribution in [0.1, 0.15) is 5.56 Å². The standard InChI is InChI=1S/C23H23FN2O2S/c24-23-13-7-6-12-22(23)21-11-5-4-8-19(21)18-25-14-16-26(17-15-25)29(27,28)20-9-2-1-3-10-20/h1-13H,14-18H2. The Bertz CT molecular complexity index is 1020. The number of rotatable bonds is 5. The van der Waals surface area contributed by atoms with Gasteiger partial charge in [0.2, 0.25) is 0 Å². The minimum absolute atomic E-state index is 0.237. The normalized spacial score (nSPS) is 17.7. The summed E-state index contributed by atoms with van der Waals surface area (Å²) in [4.78, 5) is 2.55. The SMILES string of the molecule is O=[S+]([O-])(c1ccccc1)N1CCN(Cc2ccccc2-c2ccccc2F)CC1. The van der Waals surface area contributed by atoms with Crippen molar-refractivity contribution in [2.75, 3.05) is 26.2 Å². The van der Waals surface area contributed by atoms with Crippen molar-refractivity contribution in [3.63, 3.8) is 0 Å². The van der Waals surface area contributed by atoms with Crippen molar-refractivity contribution in [1.29, 1.82) is 0 Å². The van der Waals surface area contributed by atoms with Crippen LogP contribution in [0.5, 0.6) is 0 Å². The third-order valence-electron chi connectivity index (χ3n) is 5.29. The van der Waals surface area contributed by atoms with Crippen LogP contribution in [-0.4, -0.2) is 39.9 Å². The van der Waals surface area contributed by atoms with E-state index in [1.807, 2.05) is 36.4 Å². The summed E-state index contributed by atoms with van der Waals surface area (Å²) in [5, 5.41) is 0. The minimum Gasteiger partial charge on any atom is -0.593 e. The fraction of sp³-hybridized carbons (Fsp3) is 0.217. The monoisotopic (exact) mass is 410 g/mol. The van der Waals surface area contributed by atoms with Gasteiger partial charge in [0.05, 0.1) is 13.1 Å². The maximum absolute atomic E-state index is 14.3. The number of hydrogen-bond donors (Lipinski definition) is 0. The molecule has 0 bridgehead atoms. The van der Waals surface area contributed by atoms with Crippen molar-refractivity contribution in [2.24, 2.45) is 0 Å². The molecule has 150 valence electrons. The van der Waals surface area contributed by atoms with E-state index in [1.54, 1.807) is 40.7 Å². The maximum Gasteiger partial charge on any atom is 0.175 e. The molecule has 1 fully saturated rings. The van der Waals surface area contributed by atoms with Crippen LogP contribution in [0.4, 0.5) is 4.39 Å². The van der Waals surface area contributed by atoms with Gasteiger partial charge >= 0.3 is 0 Å². The summed E-state index contributed by atoms with van der Waals surface area (Å²) in [6.07, 6.45) is 0. The van der Waals surface area contributed by atoms with Gasteiger partial charge in [0.25, 0.3) is 0 Å². The van der Waals surface area contributed by atoms with Crippen molar-refractivity contribution in [3.8, 4) is 11.1 Å². The Morgan fingerprint density at radius 3 is 2.07 bits per heavy atom. The molecule has 4 nitrogen and oxygen atoms in total. The Balaban J connectivity index is 1.46. The van der Waals surface area contributed by atoms with Gasteiger partial charge in [-0.25, -0.2) is 4.39 Å². The van der Waals surface area contributed by atoms with Gasteiger partial charge in [-0.05, 0) is 29.3 Å². The van der Waals surface area contributed by atoms with Gasteiger partial charge in [-0.2, -0.15) is 0 Å². The molecule has 29 heavy (non-hydrogen) atoms. The van der Waals surface area contributed by atoms with E-state index in [0.717, 1.165) is 11.1 Å². The zero-order valence-corrected chi connectivity index (χ0v) is 16.9. The lowest BCUT2D eigenvalue weighted by Gasteiger charge is -2.36. The number of piperazine rings is 1. The predicted octanol–water partition coefficient (Wildman–Crippen LogP) is 4.21. The van der Waals surface area contributed by atoms with Crippen molar-refractivity contribution in [1.82, 2.24) is 9.21 Å². The van der Waals surface area contributed by atoms with E-state index in [9.17, 15) is 13.2 Å². The van der Waals surface area contributed by atoms with E-state index in [0.29, 0.717) is 43.2 Å². The van der Waals surface area contributed by atoms with Gasteiger partial charge in [0.15, 0.2) is 15.3 Å². The Morgan fingerprint density at radius 2 is 1.38 bits per heavy atom. The Labute approximate surface area is 172 Å². The molecule has 0 radical (unpaired) electrons. The number of benzene rings is 3. The van der Waals surface area contributed by atoms with Crippen molar-refractivity contribution in [3.05, 3.63) is 90.2 Å². The number of halogens is 1. The topological polar surface area (TPSA) is 46.6 Å². The van der Waals surface area contributed by atoms with E-state index >= 15 is 0 Å². The minimum atomic E-state index is -3.46. The zero-order chi connectivity index (χ0) is 20.3. The number of hydrogen-bond acceptors (Lipinski definition) is 3. The molecule has 3 aromatic carbocycles. The molecule has 6 heteroatoms. The van der Waals surface area contributed by atoms with Crippen LogP contribution in [0, 0.1) is 5.82 Å². The molecule has 1 unspecified atom stereocenters. The van der Waals surface area contributed by atoms with Crippen LogP contribution in [-0.2, 0) is 21.2 Å². The lowest BCUT2D eigenvalue weighted by molar-refractivity contribution is 0.174. The molecule has 4 rings (SSSR count). The molecule has 0 aromatic heterocycles. The summed E-state index contributed by atoms with van der Waals surface area (Å²) in [7, 11) is -3.46. The Kier molecular flexibility index (Phi) is 5.87. The molecular formula is C23H23FN2O2S. The first-order valence-electron chi connectivity index (χ1n) is 9.66. The average molecular weight is 411 g/mol. The molecule has 0 aliphatic carbocycles. The molecular weight excluding hydrogens is 387 g/mol. The van der Waals surface area contributed by atoms with Crippen LogP contribution < -0.4 is 0 Å². The van der Waals surface area contributed by atoms with Gasteiger partial charge in [0.1, 0.15) is 5.82 Å². The molecule has 1 aliphatic rings. The highest BCUT2D eigenvalue weighted by Crippen LogP contribution is 2.28. The molecule has 1 atom stereocenters. The van der Waals surface area contributed by atoms with Crippen molar-refractivity contribution in [2.45, 2.75) is 11.4 Å². The highest BCUT2D eigenvalue weighted by Gasteiger charge is 2.33. The molecule has 0 amide bonds. The fourth-order valence-corrected chi connectivity index (χ4v) is 5.15. The molecule has 0 N–H and O–H groups in total. The van der Waals surface area contributed by atoms with Crippen LogP contribution in [0.2, 0.25) is 0 Å². The fourth-order valence-electron chi connectivity index (χ4n) is 3.71. The second kappa shape index (κ2) is 8.55. The van der Waals surface area contributed by atoms with Gasteiger partial charge in [0, 0.05) is 25.2 Å². The lowest BCUT2D eigenvalue weighted by atomic mass is 9.99. The molecule has 0 saturated carbocycles. The van der Waals surface area contributed by atoms with Gasteiger partial charge in [-0.1, -0.05) is 64.9 Å². The first-order valence-corrected chi connectivity index (χ1v) is 11.1. The molecule has 1 heterocycles. The van der Waals surface area contributed by atoms with Gasteiger partial charge in [-0.15, -0.1) is 4.31 Å². The van der Waals surface area contributed by atoms with Gasteiger partial charge in [-0.3, -0.25) is 4.90 Å². The van der Waals surface area contributed by atoms with Crippen molar-refractivity contribution < 1.29 is 13.2 Å². The zero-order valence-electron chi connectivity index (χ0n) is 16.0. The third kappa shape index (κ3) is 4.31. The summed E-state index contributed by atoms with van der Waals surface area (Å²) >= 11 is 0. The highest BCUT2D eigenvalue weighted by molar-refractivity contribution is 7.95. The first-order chi connectivity index (χ1) is 14.1. The average Bonchev–Trinajstić information content (AvgIpc) is 2.76. The maximum atomic E-state index is 14.3. The van der Waals surface area contributed by atoms with Crippen LogP contribution in [0.15, 0.2) is 83.8 Å². The summed E-state index contributed by atoms with van der Waals surface area (Å²) in [5.74, 6) is -0.237. The van der Waals surface area contributed by atoms with E-state index in [2.05, 4.69) is 4.90 Å². The summed E-state index contributed by atoms with van der Waals surface area (Å²) in [5.41, 5.74) is 2.51. The predicted molar refractivity (Wildman–Crippen MR) is 112 cm³/mol. The van der Waals surface area contributed by atoms with Crippen molar-refractivity contribution >= 4 is 10.4 Å². The third-order valence-corrected chi connectivity index (χ3v) is 7.20. The molecule has 1 saturated heterocycles. The molecule has 0 spiro atoms. The summed E-state index contributed by atoms with van der Waals surface area (Å²) in [6, 6.07) is 23.1. The smallest absolute Gasteiger partial charge is 0.175 e. The first kappa shape index (κ1) is 19.9.